The molecule has 0 spiro atoms. The van der Waals surface area contributed by atoms with E-state index in [2.05, 4.69) is 5.32 Å². The zero-order chi connectivity index (χ0) is 12.3. The summed E-state index contributed by atoms with van der Waals surface area (Å²) in [5, 5.41) is 13.4. The van der Waals surface area contributed by atoms with Gasteiger partial charge in [0.2, 0.25) is 0 Å². The van der Waals surface area contributed by atoms with Crippen LogP contribution in [0.2, 0.25) is 0 Å². The molecule has 1 atom stereocenters. The summed E-state index contributed by atoms with van der Waals surface area (Å²) in [5.41, 5.74) is 0.764. The van der Waals surface area contributed by atoms with Crippen molar-refractivity contribution in [1.82, 2.24) is 5.32 Å². The van der Waals surface area contributed by atoms with E-state index < -0.39 is 6.10 Å². The highest BCUT2D eigenvalue weighted by atomic mass is 16.5. The molecule has 0 saturated heterocycles. The number of hydrogen-bond acceptors (Lipinski definition) is 4. The Morgan fingerprint density at radius 2 is 2.12 bits per heavy atom. The van der Waals surface area contributed by atoms with Gasteiger partial charge in [0.05, 0.1) is 20.3 Å². The standard InChI is InChI=1S/C13H19NO3/c1-16-10-5-6-13(17-2)11(7-10)12(15)8-14-9-3-4-9/h5-7,9,12,14-15H,3-4,8H2,1-2H3. The van der Waals surface area contributed by atoms with Crippen LogP contribution in [-0.2, 0) is 0 Å². The Balaban J connectivity index is 2.08. The molecule has 2 rings (SSSR count). The summed E-state index contributed by atoms with van der Waals surface area (Å²) in [6, 6.07) is 6.04. The van der Waals surface area contributed by atoms with Gasteiger partial charge in [-0.25, -0.2) is 0 Å². The Bertz CT molecular complexity index is 377. The van der Waals surface area contributed by atoms with Crippen molar-refractivity contribution in [3.05, 3.63) is 23.8 Å². The molecule has 0 aromatic heterocycles. The number of aliphatic hydroxyl groups is 1. The van der Waals surface area contributed by atoms with E-state index in [4.69, 9.17) is 9.47 Å². The molecule has 1 aromatic carbocycles. The summed E-state index contributed by atoms with van der Waals surface area (Å²) in [6.07, 6.45) is 1.85. The Morgan fingerprint density at radius 3 is 2.71 bits per heavy atom. The quantitative estimate of drug-likeness (QED) is 0.787. The molecule has 1 aromatic rings. The highest BCUT2D eigenvalue weighted by Gasteiger charge is 2.22. The Morgan fingerprint density at radius 1 is 1.35 bits per heavy atom. The van der Waals surface area contributed by atoms with Gasteiger partial charge in [0.15, 0.2) is 0 Å². The average Bonchev–Trinajstić information content (AvgIpc) is 3.19. The summed E-state index contributed by atoms with van der Waals surface area (Å²) in [7, 11) is 3.22. The van der Waals surface area contributed by atoms with Crippen LogP contribution in [0.5, 0.6) is 11.5 Å². The minimum atomic E-state index is -0.569. The summed E-state index contributed by atoms with van der Waals surface area (Å²) in [5.74, 6) is 1.42. The summed E-state index contributed by atoms with van der Waals surface area (Å²) in [4.78, 5) is 0. The molecule has 1 saturated carbocycles. The highest BCUT2D eigenvalue weighted by Crippen LogP contribution is 2.29. The van der Waals surface area contributed by atoms with Crippen LogP contribution in [0.25, 0.3) is 0 Å². The van der Waals surface area contributed by atoms with Gasteiger partial charge in [-0.3, -0.25) is 0 Å². The molecule has 1 unspecified atom stereocenters. The number of methoxy groups -OCH3 is 2. The molecule has 0 amide bonds. The minimum absolute atomic E-state index is 0.550. The topological polar surface area (TPSA) is 50.7 Å². The van der Waals surface area contributed by atoms with Crippen molar-refractivity contribution in [3.63, 3.8) is 0 Å². The van der Waals surface area contributed by atoms with Crippen LogP contribution in [0.1, 0.15) is 24.5 Å². The number of ether oxygens (including phenoxy) is 2. The third-order valence-corrected chi connectivity index (χ3v) is 2.97. The van der Waals surface area contributed by atoms with Gasteiger partial charge in [-0.2, -0.15) is 0 Å². The number of nitrogens with one attached hydrogen (secondary N) is 1. The van der Waals surface area contributed by atoms with Gasteiger partial charge in [0, 0.05) is 18.2 Å². The first-order valence-corrected chi connectivity index (χ1v) is 5.88. The second kappa shape index (κ2) is 5.38. The second-order valence-electron chi connectivity index (χ2n) is 4.31. The maximum atomic E-state index is 10.1. The Labute approximate surface area is 102 Å². The molecule has 94 valence electrons. The zero-order valence-electron chi connectivity index (χ0n) is 10.3. The van der Waals surface area contributed by atoms with Crippen molar-refractivity contribution in [3.8, 4) is 11.5 Å². The van der Waals surface area contributed by atoms with Crippen molar-refractivity contribution >= 4 is 0 Å². The fourth-order valence-corrected chi connectivity index (χ4v) is 1.78. The van der Waals surface area contributed by atoms with Gasteiger partial charge in [-0.1, -0.05) is 0 Å². The molecule has 0 radical (unpaired) electrons. The molecule has 4 heteroatoms. The predicted octanol–water partition coefficient (Wildman–Crippen LogP) is 1.49. The van der Waals surface area contributed by atoms with E-state index in [-0.39, 0.29) is 0 Å². The summed E-state index contributed by atoms with van der Waals surface area (Å²) in [6.45, 7) is 0.550. The number of rotatable bonds is 6. The largest absolute Gasteiger partial charge is 0.497 e. The molecular formula is C13H19NO3. The molecule has 4 nitrogen and oxygen atoms in total. The number of hydrogen-bond donors (Lipinski definition) is 2. The van der Waals surface area contributed by atoms with E-state index >= 15 is 0 Å². The molecule has 0 heterocycles. The smallest absolute Gasteiger partial charge is 0.124 e. The van der Waals surface area contributed by atoms with E-state index in [0.717, 1.165) is 11.3 Å². The van der Waals surface area contributed by atoms with Gasteiger partial charge in [-0.05, 0) is 31.0 Å². The van der Waals surface area contributed by atoms with Crippen LogP contribution in [0.4, 0.5) is 0 Å². The summed E-state index contributed by atoms with van der Waals surface area (Å²) >= 11 is 0. The lowest BCUT2D eigenvalue weighted by Crippen LogP contribution is -2.23. The first kappa shape index (κ1) is 12.2. The molecule has 1 aliphatic rings. The van der Waals surface area contributed by atoms with Gasteiger partial charge in [0.1, 0.15) is 11.5 Å². The maximum Gasteiger partial charge on any atom is 0.124 e. The van der Waals surface area contributed by atoms with Crippen LogP contribution >= 0.6 is 0 Å². The van der Waals surface area contributed by atoms with E-state index in [1.807, 2.05) is 18.2 Å². The van der Waals surface area contributed by atoms with Gasteiger partial charge in [-0.15, -0.1) is 0 Å². The van der Waals surface area contributed by atoms with Crippen molar-refractivity contribution in [2.75, 3.05) is 20.8 Å². The van der Waals surface area contributed by atoms with Crippen LogP contribution in [0.15, 0.2) is 18.2 Å². The van der Waals surface area contributed by atoms with E-state index in [1.54, 1.807) is 14.2 Å². The molecule has 0 aliphatic heterocycles. The first-order chi connectivity index (χ1) is 8.24. The normalized spacial score (nSPS) is 16.6. The zero-order valence-corrected chi connectivity index (χ0v) is 10.3. The van der Waals surface area contributed by atoms with Crippen molar-refractivity contribution in [2.24, 2.45) is 0 Å². The highest BCUT2D eigenvalue weighted by molar-refractivity contribution is 5.41. The molecule has 17 heavy (non-hydrogen) atoms. The predicted molar refractivity (Wildman–Crippen MR) is 65.5 cm³/mol. The lowest BCUT2D eigenvalue weighted by Gasteiger charge is -2.16. The average molecular weight is 237 g/mol. The SMILES string of the molecule is COc1ccc(OC)c(C(O)CNC2CC2)c1. The fourth-order valence-electron chi connectivity index (χ4n) is 1.78. The van der Waals surface area contributed by atoms with Gasteiger partial charge >= 0.3 is 0 Å². The van der Waals surface area contributed by atoms with Gasteiger partial charge in [0.25, 0.3) is 0 Å². The molecule has 0 bridgehead atoms. The van der Waals surface area contributed by atoms with Gasteiger partial charge < -0.3 is 19.9 Å². The second-order valence-corrected chi connectivity index (χ2v) is 4.31. The van der Waals surface area contributed by atoms with Crippen molar-refractivity contribution in [2.45, 2.75) is 25.0 Å². The molecule has 2 N–H and O–H groups in total. The molecular weight excluding hydrogens is 218 g/mol. The first-order valence-electron chi connectivity index (χ1n) is 5.88. The fraction of sp³-hybridized carbons (Fsp3) is 0.538. The lowest BCUT2D eigenvalue weighted by molar-refractivity contribution is 0.169. The minimum Gasteiger partial charge on any atom is -0.497 e. The number of benzene rings is 1. The molecule has 1 aliphatic carbocycles. The van der Waals surface area contributed by atoms with Crippen LogP contribution < -0.4 is 14.8 Å². The molecule has 1 fully saturated rings. The third kappa shape index (κ3) is 3.11. The lowest BCUT2D eigenvalue weighted by atomic mass is 10.1. The van der Waals surface area contributed by atoms with E-state index in [9.17, 15) is 5.11 Å². The van der Waals surface area contributed by atoms with Crippen LogP contribution in [-0.4, -0.2) is 31.9 Å². The van der Waals surface area contributed by atoms with E-state index in [1.165, 1.54) is 12.8 Å². The number of aliphatic hydroxyl groups excluding tert-OH is 1. The Kier molecular flexibility index (Phi) is 3.86. The maximum absolute atomic E-state index is 10.1. The Hall–Kier alpha value is -1.26. The summed E-state index contributed by atoms with van der Waals surface area (Å²) < 4.78 is 10.4. The van der Waals surface area contributed by atoms with Crippen molar-refractivity contribution in [1.29, 1.82) is 0 Å². The van der Waals surface area contributed by atoms with Crippen LogP contribution in [0.3, 0.4) is 0 Å². The van der Waals surface area contributed by atoms with Crippen LogP contribution in [0, 0.1) is 0 Å². The monoisotopic (exact) mass is 237 g/mol. The van der Waals surface area contributed by atoms with Crippen molar-refractivity contribution < 1.29 is 14.6 Å². The third-order valence-electron chi connectivity index (χ3n) is 2.97. The van der Waals surface area contributed by atoms with E-state index in [0.29, 0.717) is 18.3 Å².